The molecule has 26 heavy (non-hydrogen) atoms. The van der Waals surface area contributed by atoms with Gasteiger partial charge in [0.05, 0.1) is 25.9 Å². The first-order valence-corrected chi connectivity index (χ1v) is 11.0. The van der Waals surface area contributed by atoms with Crippen LogP contribution in [-0.4, -0.2) is 45.2 Å². The molecule has 1 aromatic carbocycles. The van der Waals surface area contributed by atoms with Crippen molar-refractivity contribution < 1.29 is 27.8 Å². The number of ether oxygens (including phenoxy) is 2. The lowest BCUT2D eigenvalue weighted by Gasteiger charge is -2.19. The monoisotopic (exact) mass is 386 g/mol. The first-order chi connectivity index (χ1) is 12.3. The first kappa shape index (κ1) is 22.3. The molecule has 7 heteroatoms. The van der Waals surface area contributed by atoms with E-state index in [9.17, 15) is 18.3 Å². The molecule has 0 aliphatic heterocycles. The molecular weight excluding hydrogens is 356 g/mol. The molecule has 0 aromatic heterocycles. The number of carbonyl (C=O) groups is 1. The van der Waals surface area contributed by atoms with Gasteiger partial charge in [0.25, 0.3) is 0 Å². The highest BCUT2D eigenvalue weighted by Crippen LogP contribution is 2.35. The van der Waals surface area contributed by atoms with Crippen LogP contribution in [0.5, 0.6) is 11.5 Å². The van der Waals surface area contributed by atoms with Crippen LogP contribution < -0.4 is 9.47 Å². The van der Waals surface area contributed by atoms with Crippen molar-refractivity contribution in [3.63, 3.8) is 0 Å². The van der Waals surface area contributed by atoms with Gasteiger partial charge in [-0.1, -0.05) is 32.3 Å². The summed E-state index contributed by atoms with van der Waals surface area (Å²) in [7, 11) is -1.44. The van der Waals surface area contributed by atoms with Crippen molar-refractivity contribution in [2.75, 3.05) is 25.7 Å². The van der Waals surface area contributed by atoms with Gasteiger partial charge in [0.2, 0.25) is 0 Å². The smallest absolute Gasteiger partial charge is 0.303 e. The highest BCUT2D eigenvalue weighted by atomic mass is 32.2. The Kier molecular flexibility index (Phi) is 9.48. The fraction of sp³-hybridized carbons (Fsp3) is 0.632. The molecule has 0 fully saturated rings. The number of carboxylic acids is 1. The van der Waals surface area contributed by atoms with Crippen LogP contribution in [-0.2, 0) is 14.6 Å². The van der Waals surface area contributed by atoms with Gasteiger partial charge in [-0.3, -0.25) is 4.79 Å². The van der Waals surface area contributed by atoms with Crippen LogP contribution in [0.1, 0.15) is 56.9 Å². The maximum atomic E-state index is 11.2. The van der Waals surface area contributed by atoms with Gasteiger partial charge in [-0.15, -0.1) is 0 Å². The maximum Gasteiger partial charge on any atom is 0.303 e. The van der Waals surface area contributed by atoms with Gasteiger partial charge in [0.15, 0.2) is 0 Å². The Bertz CT molecular complexity index is 669. The summed E-state index contributed by atoms with van der Waals surface area (Å²) in [5.74, 6) is 0.346. The normalized spacial score (nSPS) is 12.6. The van der Waals surface area contributed by atoms with E-state index in [0.29, 0.717) is 24.5 Å². The lowest BCUT2D eigenvalue weighted by molar-refractivity contribution is -0.137. The van der Waals surface area contributed by atoms with Crippen LogP contribution in [0.15, 0.2) is 18.2 Å². The van der Waals surface area contributed by atoms with Gasteiger partial charge < -0.3 is 14.6 Å². The van der Waals surface area contributed by atoms with Crippen LogP contribution in [0.2, 0.25) is 0 Å². The summed E-state index contributed by atoms with van der Waals surface area (Å²) in [6.45, 7) is 2.41. The molecule has 0 amide bonds. The molecule has 6 nitrogen and oxygen atoms in total. The number of hydrogen-bond acceptors (Lipinski definition) is 5. The number of methoxy groups -OCH3 is 1. The first-order valence-electron chi connectivity index (χ1n) is 8.97. The zero-order valence-electron chi connectivity index (χ0n) is 15.9. The second-order valence-electron chi connectivity index (χ2n) is 6.53. The van der Waals surface area contributed by atoms with Crippen molar-refractivity contribution in [3.8, 4) is 11.5 Å². The average molecular weight is 387 g/mol. The van der Waals surface area contributed by atoms with Crippen molar-refractivity contribution >= 4 is 15.8 Å². The number of carboxylic acid groups (broad SMARTS) is 1. The molecule has 0 heterocycles. The molecule has 148 valence electrons. The molecule has 0 spiro atoms. The van der Waals surface area contributed by atoms with Gasteiger partial charge in [-0.25, -0.2) is 8.42 Å². The fourth-order valence-corrected chi connectivity index (χ4v) is 3.49. The molecular formula is C19H30O6S. The summed E-state index contributed by atoms with van der Waals surface area (Å²) in [6, 6.07) is 5.38. The number of hydrogen-bond donors (Lipinski definition) is 1. The molecule has 1 N–H and O–H groups in total. The lowest BCUT2D eigenvalue weighted by atomic mass is 9.89. The summed E-state index contributed by atoms with van der Waals surface area (Å²) < 4.78 is 33.3. The van der Waals surface area contributed by atoms with E-state index in [0.717, 1.165) is 31.2 Å². The number of rotatable bonds is 13. The molecule has 0 aliphatic carbocycles. The van der Waals surface area contributed by atoms with E-state index in [2.05, 4.69) is 6.92 Å². The third-order valence-corrected chi connectivity index (χ3v) is 5.18. The Morgan fingerprint density at radius 1 is 1.23 bits per heavy atom. The molecule has 1 atom stereocenters. The van der Waals surface area contributed by atoms with Crippen LogP contribution >= 0.6 is 0 Å². The van der Waals surface area contributed by atoms with Crippen LogP contribution in [0.4, 0.5) is 0 Å². The van der Waals surface area contributed by atoms with E-state index in [-0.39, 0.29) is 18.1 Å². The molecule has 1 aromatic rings. The second kappa shape index (κ2) is 11.1. The van der Waals surface area contributed by atoms with E-state index in [1.807, 2.05) is 6.07 Å². The van der Waals surface area contributed by atoms with Gasteiger partial charge in [-0.2, -0.15) is 0 Å². The number of unbranched alkanes of at least 4 members (excludes halogenated alkanes) is 2. The van der Waals surface area contributed by atoms with Crippen LogP contribution in [0.3, 0.4) is 0 Å². The van der Waals surface area contributed by atoms with Crippen molar-refractivity contribution in [1.29, 1.82) is 0 Å². The van der Waals surface area contributed by atoms with E-state index in [1.54, 1.807) is 19.2 Å². The van der Waals surface area contributed by atoms with Gasteiger partial charge >= 0.3 is 5.97 Å². The molecule has 1 rings (SSSR count). The largest absolute Gasteiger partial charge is 0.496 e. The SMILES string of the molecule is CCCCCC(CC(=O)O)c1ccc(OCCCS(C)(=O)=O)cc1OC. The minimum atomic E-state index is -2.99. The highest BCUT2D eigenvalue weighted by Gasteiger charge is 2.20. The molecule has 1 unspecified atom stereocenters. The van der Waals surface area contributed by atoms with Gasteiger partial charge in [0.1, 0.15) is 21.3 Å². The number of benzene rings is 1. The predicted molar refractivity (Wildman–Crippen MR) is 102 cm³/mol. The third kappa shape index (κ3) is 8.56. The van der Waals surface area contributed by atoms with E-state index in [4.69, 9.17) is 9.47 Å². The summed E-state index contributed by atoms with van der Waals surface area (Å²) in [4.78, 5) is 11.2. The van der Waals surface area contributed by atoms with Crippen molar-refractivity contribution in [3.05, 3.63) is 23.8 Å². The Morgan fingerprint density at radius 2 is 1.96 bits per heavy atom. The summed E-state index contributed by atoms with van der Waals surface area (Å²) in [6.07, 6.45) is 5.60. The van der Waals surface area contributed by atoms with Gasteiger partial charge in [0, 0.05) is 12.3 Å². The zero-order chi connectivity index (χ0) is 19.6. The Labute approximate surface area is 156 Å². The Morgan fingerprint density at radius 3 is 2.54 bits per heavy atom. The van der Waals surface area contributed by atoms with Crippen molar-refractivity contribution in [1.82, 2.24) is 0 Å². The van der Waals surface area contributed by atoms with E-state index in [1.165, 1.54) is 6.26 Å². The number of aliphatic carboxylic acids is 1. The maximum absolute atomic E-state index is 11.2. The van der Waals surface area contributed by atoms with Crippen LogP contribution in [0, 0.1) is 0 Å². The standard InChI is InChI=1S/C19H30O6S/c1-4-5-6-8-15(13-19(20)21)17-10-9-16(14-18(17)24-2)25-11-7-12-26(3,22)23/h9-10,14-15H,4-8,11-13H2,1-3H3,(H,20,21). The molecule has 0 saturated carbocycles. The summed E-state index contributed by atoms with van der Waals surface area (Å²) >= 11 is 0. The van der Waals surface area contributed by atoms with Gasteiger partial charge in [-0.05, 0) is 30.4 Å². The van der Waals surface area contributed by atoms with Crippen molar-refractivity contribution in [2.24, 2.45) is 0 Å². The molecule has 0 radical (unpaired) electrons. The quantitative estimate of drug-likeness (QED) is 0.521. The topological polar surface area (TPSA) is 89.9 Å². The Balaban J connectivity index is 2.81. The van der Waals surface area contributed by atoms with Crippen LogP contribution in [0.25, 0.3) is 0 Å². The third-order valence-electron chi connectivity index (χ3n) is 4.15. The second-order valence-corrected chi connectivity index (χ2v) is 8.79. The van der Waals surface area contributed by atoms with E-state index >= 15 is 0 Å². The molecule has 0 aliphatic rings. The molecule has 0 saturated heterocycles. The summed E-state index contributed by atoms with van der Waals surface area (Å²) in [5.41, 5.74) is 0.870. The zero-order valence-corrected chi connectivity index (χ0v) is 16.7. The van der Waals surface area contributed by atoms with Crippen molar-refractivity contribution in [2.45, 2.75) is 51.4 Å². The number of sulfone groups is 1. The summed E-state index contributed by atoms with van der Waals surface area (Å²) in [5, 5.41) is 9.21. The predicted octanol–water partition coefficient (Wildman–Crippen LogP) is 3.65. The Hall–Kier alpha value is -1.76. The minimum absolute atomic E-state index is 0.0641. The highest BCUT2D eigenvalue weighted by molar-refractivity contribution is 7.90. The van der Waals surface area contributed by atoms with E-state index < -0.39 is 15.8 Å². The lowest BCUT2D eigenvalue weighted by Crippen LogP contribution is -2.09. The fourth-order valence-electron chi connectivity index (χ4n) is 2.85. The average Bonchev–Trinajstić information content (AvgIpc) is 2.56. The minimum Gasteiger partial charge on any atom is -0.496 e. The molecule has 0 bridgehead atoms.